The number of ether oxygens (including phenoxy) is 1. The van der Waals surface area contributed by atoms with Gasteiger partial charge >= 0.3 is 0 Å². The standard InChI is InChI=1S/C34H32FN3O2S/c1-24-8-15-30(18-25(24)2)36-34(39)32-23-41-33(37-32)21-38(19-26-9-13-29(35)14-10-26)20-27-11-16-31(17-12-27)40-22-28-6-4-3-5-7-28/h3-18,23H,19-22H2,1-2H3,(H,36,39). The number of rotatable bonds is 11. The maximum Gasteiger partial charge on any atom is 0.275 e. The molecule has 0 radical (unpaired) electrons. The SMILES string of the molecule is Cc1ccc(NC(=O)c2csc(CN(Cc3ccc(F)cc3)Cc3ccc(OCc4ccccc4)cc3)n2)cc1C. The van der Waals surface area contributed by atoms with Crippen LogP contribution in [0.5, 0.6) is 5.75 Å². The van der Waals surface area contributed by atoms with Crippen molar-refractivity contribution in [2.45, 2.75) is 40.1 Å². The number of nitrogens with one attached hydrogen (secondary N) is 1. The van der Waals surface area contributed by atoms with Gasteiger partial charge in [-0.15, -0.1) is 11.3 Å². The number of hydrogen-bond acceptors (Lipinski definition) is 5. The second-order valence-corrected chi connectivity index (χ2v) is 11.0. The molecule has 1 aromatic heterocycles. The lowest BCUT2D eigenvalue weighted by molar-refractivity contribution is 0.102. The molecule has 0 fully saturated rings. The number of amides is 1. The van der Waals surface area contributed by atoms with Gasteiger partial charge in [0.15, 0.2) is 0 Å². The molecule has 5 nitrogen and oxygen atoms in total. The van der Waals surface area contributed by atoms with E-state index in [0.29, 0.717) is 31.9 Å². The maximum atomic E-state index is 13.5. The highest BCUT2D eigenvalue weighted by molar-refractivity contribution is 7.09. The topological polar surface area (TPSA) is 54.5 Å². The van der Waals surface area contributed by atoms with Gasteiger partial charge in [0.25, 0.3) is 5.91 Å². The molecular weight excluding hydrogens is 533 g/mol. The number of thiazole rings is 1. The van der Waals surface area contributed by atoms with Crippen LogP contribution in [-0.2, 0) is 26.2 Å². The van der Waals surface area contributed by atoms with Crippen LogP contribution < -0.4 is 10.1 Å². The van der Waals surface area contributed by atoms with Gasteiger partial charge in [-0.05, 0) is 78.1 Å². The van der Waals surface area contributed by atoms with Crippen molar-refractivity contribution >= 4 is 22.9 Å². The molecule has 1 heterocycles. The number of carbonyl (C=O) groups excluding carboxylic acids is 1. The zero-order chi connectivity index (χ0) is 28.6. The number of nitrogens with zero attached hydrogens (tertiary/aromatic N) is 2. The first-order chi connectivity index (χ1) is 19.9. The Morgan fingerprint density at radius 3 is 2.20 bits per heavy atom. The Bertz CT molecular complexity index is 1590. The normalized spacial score (nSPS) is 11.0. The minimum absolute atomic E-state index is 0.230. The first-order valence-electron chi connectivity index (χ1n) is 13.5. The molecule has 41 heavy (non-hydrogen) atoms. The van der Waals surface area contributed by atoms with Gasteiger partial charge in [0.2, 0.25) is 0 Å². The molecule has 5 aromatic rings. The van der Waals surface area contributed by atoms with E-state index in [1.807, 2.05) is 74.5 Å². The smallest absolute Gasteiger partial charge is 0.275 e. The van der Waals surface area contributed by atoms with E-state index in [9.17, 15) is 9.18 Å². The van der Waals surface area contributed by atoms with Crippen LogP contribution in [0.15, 0.2) is 102 Å². The summed E-state index contributed by atoms with van der Waals surface area (Å²) < 4.78 is 19.5. The largest absolute Gasteiger partial charge is 0.489 e. The molecule has 5 rings (SSSR count). The molecule has 1 amide bonds. The van der Waals surface area contributed by atoms with Crippen molar-refractivity contribution in [3.63, 3.8) is 0 Å². The number of hydrogen-bond donors (Lipinski definition) is 1. The lowest BCUT2D eigenvalue weighted by Crippen LogP contribution is -2.22. The molecule has 0 unspecified atom stereocenters. The monoisotopic (exact) mass is 565 g/mol. The number of benzene rings is 4. The molecular formula is C34H32FN3O2S. The van der Waals surface area contributed by atoms with Gasteiger partial charge in [0.1, 0.15) is 28.9 Å². The molecule has 7 heteroatoms. The molecule has 4 aromatic carbocycles. The Labute approximate surface area is 244 Å². The Morgan fingerprint density at radius 2 is 1.51 bits per heavy atom. The summed E-state index contributed by atoms with van der Waals surface area (Å²) in [6, 6.07) is 30.5. The highest BCUT2D eigenvalue weighted by Gasteiger charge is 2.15. The molecule has 0 aliphatic rings. The van der Waals surface area contributed by atoms with Crippen molar-refractivity contribution in [1.82, 2.24) is 9.88 Å². The first-order valence-corrected chi connectivity index (χ1v) is 14.3. The van der Waals surface area contributed by atoms with Crippen LogP contribution >= 0.6 is 11.3 Å². The Hall–Kier alpha value is -4.33. The lowest BCUT2D eigenvalue weighted by Gasteiger charge is -2.22. The quantitative estimate of drug-likeness (QED) is 0.177. The van der Waals surface area contributed by atoms with E-state index in [1.165, 1.54) is 29.0 Å². The molecule has 0 aliphatic heterocycles. The zero-order valence-electron chi connectivity index (χ0n) is 23.1. The van der Waals surface area contributed by atoms with Gasteiger partial charge in [-0.3, -0.25) is 9.69 Å². The summed E-state index contributed by atoms with van der Waals surface area (Å²) in [6.45, 7) is 6.38. The number of carbonyl (C=O) groups is 1. The lowest BCUT2D eigenvalue weighted by atomic mass is 10.1. The van der Waals surface area contributed by atoms with Crippen LogP contribution in [0.25, 0.3) is 0 Å². The first kappa shape index (κ1) is 28.2. The van der Waals surface area contributed by atoms with E-state index >= 15 is 0 Å². The molecule has 0 aliphatic carbocycles. The van der Waals surface area contributed by atoms with Gasteiger partial charge < -0.3 is 10.1 Å². The molecule has 0 saturated carbocycles. The van der Waals surface area contributed by atoms with E-state index in [4.69, 9.17) is 4.74 Å². The summed E-state index contributed by atoms with van der Waals surface area (Å²) in [6.07, 6.45) is 0. The number of aryl methyl sites for hydroxylation is 2. The van der Waals surface area contributed by atoms with E-state index in [-0.39, 0.29) is 11.7 Å². The van der Waals surface area contributed by atoms with Gasteiger partial charge in [0, 0.05) is 24.2 Å². The van der Waals surface area contributed by atoms with Crippen molar-refractivity contribution in [3.05, 3.63) is 147 Å². The van der Waals surface area contributed by atoms with Gasteiger partial charge in [-0.1, -0.05) is 60.7 Å². The van der Waals surface area contributed by atoms with Crippen molar-refractivity contribution in [2.24, 2.45) is 0 Å². The second kappa shape index (κ2) is 13.4. The predicted octanol–water partition coefficient (Wildman–Crippen LogP) is 7.93. The summed E-state index contributed by atoms with van der Waals surface area (Å²) in [5.41, 5.74) is 6.67. The summed E-state index contributed by atoms with van der Waals surface area (Å²) >= 11 is 1.46. The second-order valence-electron chi connectivity index (χ2n) is 10.1. The van der Waals surface area contributed by atoms with E-state index in [0.717, 1.165) is 38.7 Å². The van der Waals surface area contributed by atoms with Crippen LogP contribution in [0.4, 0.5) is 10.1 Å². The third kappa shape index (κ3) is 8.10. The number of halogens is 1. The van der Waals surface area contributed by atoms with Crippen LogP contribution in [0, 0.1) is 19.7 Å². The fourth-order valence-electron chi connectivity index (χ4n) is 4.40. The van der Waals surface area contributed by atoms with E-state index in [2.05, 4.69) is 27.3 Å². The third-order valence-electron chi connectivity index (χ3n) is 6.81. The van der Waals surface area contributed by atoms with Crippen molar-refractivity contribution in [3.8, 4) is 5.75 Å². The van der Waals surface area contributed by atoms with Gasteiger partial charge in [0.05, 0.1) is 6.54 Å². The number of anilines is 1. The van der Waals surface area contributed by atoms with Crippen LogP contribution in [0.3, 0.4) is 0 Å². The molecule has 0 saturated heterocycles. The van der Waals surface area contributed by atoms with E-state index < -0.39 is 0 Å². The number of aromatic nitrogens is 1. The fourth-order valence-corrected chi connectivity index (χ4v) is 5.21. The van der Waals surface area contributed by atoms with E-state index in [1.54, 1.807) is 17.5 Å². The minimum Gasteiger partial charge on any atom is -0.489 e. The van der Waals surface area contributed by atoms with Gasteiger partial charge in [-0.2, -0.15) is 0 Å². The third-order valence-corrected chi connectivity index (χ3v) is 7.64. The highest BCUT2D eigenvalue weighted by Crippen LogP contribution is 2.21. The summed E-state index contributed by atoms with van der Waals surface area (Å²) in [4.78, 5) is 19.7. The summed E-state index contributed by atoms with van der Waals surface area (Å²) in [7, 11) is 0. The Balaban J connectivity index is 1.25. The minimum atomic E-state index is -0.259. The van der Waals surface area contributed by atoms with Crippen LogP contribution in [-0.4, -0.2) is 15.8 Å². The molecule has 0 bridgehead atoms. The molecule has 208 valence electrons. The average Bonchev–Trinajstić information content (AvgIpc) is 3.45. The van der Waals surface area contributed by atoms with Crippen molar-refractivity contribution < 1.29 is 13.9 Å². The highest BCUT2D eigenvalue weighted by atomic mass is 32.1. The van der Waals surface area contributed by atoms with Gasteiger partial charge in [-0.25, -0.2) is 9.37 Å². The molecule has 1 N–H and O–H groups in total. The average molecular weight is 566 g/mol. The molecule has 0 atom stereocenters. The van der Waals surface area contributed by atoms with Crippen molar-refractivity contribution in [1.29, 1.82) is 0 Å². The predicted molar refractivity (Wildman–Crippen MR) is 163 cm³/mol. The van der Waals surface area contributed by atoms with Crippen LogP contribution in [0.2, 0.25) is 0 Å². The summed E-state index contributed by atoms with van der Waals surface area (Å²) in [5.74, 6) is 0.319. The van der Waals surface area contributed by atoms with Crippen LogP contribution in [0.1, 0.15) is 43.3 Å². The fraction of sp³-hybridized carbons (Fsp3) is 0.176. The Kier molecular flexibility index (Phi) is 9.19. The Morgan fingerprint density at radius 1 is 0.829 bits per heavy atom. The zero-order valence-corrected chi connectivity index (χ0v) is 24.0. The summed E-state index contributed by atoms with van der Waals surface area (Å²) in [5, 5.41) is 5.57. The maximum absolute atomic E-state index is 13.5. The van der Waals surface area contributed by atoms with Crippen molar-refractivity contribution in [2.75, 3.05) is 5.32 Å². The molecule has 0 spiro atoms.